The van der Waals surface area contributed by atoms with Crippen LogP contribution < -0.4 is 15.8 Å². The first-order valence-corrected chi connectivity index (χ1v) is 6.51. The molecule has 16 heavy (non-hydrogen) atoms. The van der Waals surface area contributed by atoms with Crippen molar-refractivity contribution in [3.63, 3.8) is 0 Å². The number of methoxy groups -OCH3 is 1. The molecule has 1 aliphatic rings. The molecule has 2 unspecified atom stereocenters. The lowest BCUT2D eigenvalue weighted by molar-refractivity contribution is 0.419. The van der Waals surface area contributed by atoms with E-state index in [4.69, 9.17) is 10.5 Å². The van der Waals surface area contributed by atoms with Crippen molar-refractivity contribution in [2.45, 2.75) is 26.2 Å². The van der Waals surface area contributed by atoms with Gasteiger partial charge in [0, 0.05) is 6.54 Å². The summed E-state index contributed by atoms with van der Waals surface area (Å²) in [6.45, 7) is 3.33. The third kappa shape index (κ3) is 2.40. The normalized spacial score (nSPS) is 24.6. The zero-order valence-corrected chi connectivity index (χ0v) is 10.6. The summed E-state index contributed by atoms with van der Waals surface area (Å²) in [5.41, 5.74) is 5.69. The lowest BCUT2D eigenvalue weighted by Gasteiger charge is -2.11. The van der Waals surface area contributed by atoms with Gasteiger partial charge in [-0.1, -0.05) is 13.3 Å². The van der Waals surface area contributed by atoms with Crippen LogP contribution >= 0.6 is 11.5 Å². The van der Waals surface area contributed by atoms with E-state index in [9.17, 15) is 0 Å². The molecule has 0 bridgehead atoms. The number of hydrogen-bond acceptors (Lipinski definition) is 5. The molecule has 1 aliphatic carbocycles. The van der Waals surface area contributed by atoms with E-state index in [-0.39, 0.29) is 0 Å². The predicted molar refractivity (Wildman–Crippen MR) is 68.1 cm³/mol. The molecule has 3 N–H and O–H groups in total. The molecule has 1 heterocycles. The third-order valence-corrected chi connectivity index (χ3v) is 4.03. The number of nitrogen functional groups attached to an aromatic ring is 1. The molecule has 0 aromatic carbocycles. The molecule has 1 fully saturated rings. The molecule has 4 nitrogen and oxygen atoms in total. The van der Waals surface area contributed by atoms with Crippen LogP contribution in [0.3, 0.4) is 0 Å². The van der Waals surface area contributed by atoms with Gasteiger partial charge in [0.15, 0.2) is 16.6 Å². The van der Waals surface area contributed by atoms with Crippen LogP contribution in [0.2, 0.25) is 0 Å². The number of hydrogen-bond donors (Lipinski definition) is 2. The number of aromatic nitrogens is 1. The summed E-state index contributed by atoms with van der Waals surface area (Å²) < 4.78 is 9.29. The standard InChI is InChI=1S/C11H19N3OS/c1-7-3-4-8(5-7)6-13-11-9(15-2)10(12)14-16-11/h7-8,13H,3-6H2,1-2H3,(H2,12,14). The Balaban J connectivity index is 1.89. The molecule has 1 aromatic heterocycles. The topological polar surface area (TPSA) is 60.2 Å². The molecule has 0 spiro atoms. The summed E-state index contributed by atoms with van der Waals surface area (Å²) in [6, 6.07) is 0. The summed E-state index contributed by atoms with van der Waals surface area (Å²) in [5, 5.41) is 4.36. The summed E-state index contributed by atoms with van der Waals surface area (Å²) >= 11 is 1.37. The van der Waals surface area contributed by atoms with Crippen molar-refractivity contribution in [1.82, 2.24) is 4.37 Å². The third-order valence-electron chi connectivity index (χ3n) is 3.23. The average Bonchev–Trinajstić information content (AvgIpc) is 2.82. The van der Waals surface area contributed by atoms with Crippen molar-refractivity contribution in [3.8, 4) is 5.75 Å². The van der Waals surface area contributed by atoms with Gasteiger partial charge in [-0.2, -0.15) is 4.37 Å². The minimum absolute atomic E-state index is 0.481. The molecular weight excluding hydrogens is 222 g/mol. The zero-order valence-electron chi connectivity index (χ0n) is 9.82. The van der Waals surface area contributed by atoms with Crippen LogP contribution in [0.1, 0.15) is 26.2 Å². The van der Waals surface area contributed by atoms with Crippen molar-refractivity contribution in [2.24, 2.45) is 11.8 Å². The predicted octanol–water partition coefficient (Wildman–Crippen LogP) is 2.58. The Morgan fingerprint density at radius 2 is 2.38 bits per heavy atom. The van der Waals surface area contributed by atoms with Gasteiger partial charge >= 0.3 is 0 Å². The highest BCUT2D eigenvalue weighted by Gasteiger charge is 2.22. The fraction of sp³-hybridized carbons (Fsp3) is 0.727. The van der Waals surface area contributed by atoms with Gasteiger partial charge in [0.2, 0.25) is 0 Å². The summed E-state index contributed by atoms with van der Waals surface area (Å²) in [6.07, 6.45) is 4.00. The monoisotopic (exact) mass is 241 g/mol. The molecule has 5 heteroatoms. The van der Waals surface area contributed by atoms with E-state index in [2.05, 4.69) is 16.6 Å². The van der Waals surface area contributed by atoms with Crippen LogP contribution in [-0.4, -0.2) is 18.0 Å². The van der Waals surface area contributed by atoms with Crippen LogP contribution in [0.4, 0.5) is 10.8 Å². The molecule has 2 rings (SSSR count). The summed E-state index contributed by atoms with van der Waals surface area (Å²) in [7, 11) is 1.63. The Bertz CT molecular complexity index is 353. The van der Waals surface area contributed by atoms with Crippen LogP contribution in [0.25, 0.3) is 0 Å². The van der Waals surface area contributed by atoms with Crippen molar-refractivity contribution in [2.75, 3.05) is 24.7 Å². The number of anilines is 2. The minimum atomic E-state index is 0.481. The number of ether oxygens (including phenoxy) is 1. The van der Waals surface area contributed by atoms with Gasteiger partial charge in [0.25, 0.3) is 0 Å². The van der Waals surface area contributed by atoms with Crippen LogP contribution in [0, 0.1) is 11.8 Å². The van der Waals surface area contributed by atoms with E-state index < -0.39 is 0 Å². The summed E-state index contributed by atoms with van der Waals surface area (Å²) in [4.78, 5) is 0. The van der Waals surface area contributed by atoms with E-state index in [0.29, 0.717) is 11.6 Å². The van der Waals surface area contributed by atoms with E-state index >= 15 is 0 Å². The first-order valence-electron chi connectivity index (χ1n) is 5.73. The van der Waals surface area contributed by atoms with Crippen LogP contribution in [0.5, 0.6) is 5.75 Å². The van der Waals surface area contributed by atoms with Gasteiger partial charge in [-0.05, 0) is 36.2 Å². The lowest BCUT2D eigenvalue weighted by Crippen LogP contribution is -2.11. The molecule has 0 amide bonds. The Morgan fingerprint density at radius 1 is 1.56 bits per heavy atom. The number of rotatable bonds is 4. The Labute approximate surface area is 100 Å². The van der Waals surface area contributed by atoms with Crippen molar-refractivity contribution in [1.29, 1.82) is 0 Å². The smallest absolute Gasteiger partial charge is 0.197 e. The van der Waals surface area contributed by atoms with Gasteiger partial charge < -0.3 is 15.8 Å². The second kappa shape index (κ2) is 4.91. The molecule has 1 aromatic rings. The Hall–Kier alpha value is -0.970. The highest BCUT2D eigenvalue weighted by molar-refractivity contribution is 7.11. The highest BCUT2D eigenvalue weighted by Crippen LogP contribution is 2.36. The molecule has 0 radical (unpaired) electrons. The first kappa shape index (κ1) is 11.5. The SMILES string of the molecule is COc1c(N)nsc1NCC1CCC(C)C1. The van der Waals surface area contributed by atoms with Crippen molar-refractivity contribution >= 4 is 22.4 Å². The number of nitrogens with zero attached hydrogens (tertiary/aromatic N) is 1. The maximum absolute atomic E-state index is 5.69. The average molecular weight is 241 g/mol. The molecule has 2 atom stereocenters. The molecule has 0 saturated heterocycles. The first-order chi connectivity index (χ1) is 7.70. The molecule has 90 valence electrons. The van der Waals surface area contributed by atoms with Crippen LogP contribution in [0.15, 0.2) is 0 Å². The highest BCUT2D eigenvalue weighted by atomic mass is 32.1. The molecule has 1 saturated carbocycles. The van der Waals surface area contributed by atoms with Crippen LogP contribution in [-0.2, 0) is 0 Å². The maximum Gasteiger partial charge on any atom is 0.197 e. The van der Waals surface area contributed by atoms with Gasteiger partial charge in [-0.25, -0.2) is 0 Å². The fourth-order valence-corrected chi connectivity index (χ4v) is 3.04. The minimum Gasteiger partial charge on any atom is -0.490 e. The van der Waals surface area contributed by atoms with E-state index in [0.717, 1.165) is 23.4 Å². The number of nitrogens with one attached hydrogen (secondary N) is 1. The largest absolute Gasteiger partial charge is 0.490 e. The van der Waals surface area contributed by atoms with Crippen molar-refractivity contribution < 1.29 is 4.74 Å². The van der Waals surface area contributed by atoms with E-state index in [1.165, 1.54) is 30.8 Å². The van der Waals surface area contributed by atoms with Gasteiger partial charge in [0.05, 0.1) is 7.11 Å². The molecular formula is C11H19N3OS. The fourth-order valence-electron chi connectivity index (χ4n) is 2.35. The second-order valence-electron chi connectivity index (χ2n) is 4.60. The van der Waals surface area contributed by atoms with E-state index in [1.54, 1.807) is 7.11 Å². The number of nitrogens with two attached hydrogens (primary N) is 1. The van der Waals surface area contributed by atoms with Gasteiger partial charge in [-0.15, -0.1) is 0 Å². The zero-order chi connectivity index (χ0) is 11.5. The molecule has 0 aliphatic heterocycles. The summed E-state index contributed by atoms with van der Waals surface area (Å²) in [5.74, 6) is 2.83. The maximum atomic E-state index is 5.69. The van der Waals surface area contributed by atoms with Crippen molar-refractivity contribution in [3.05, 3.63) is 0 Å². The second-order valence-corrected chi connectivity index (χ2v) is 5.37. The van der Waals surface area contributed by atoms with E-state index in [1.807, 2.05) is 0 Å². The Kier molecular flexibility index (Phi) is 3.53. The quantitative estimate of drug-likeness (QED) is 0.850. The Morgan fingerprint density at radius 3 is 3.00 bits per heavy atom. The van der Waals surface area contributed by atoms with Gasteiger partial charge in [-0.3, -0.25) is 0 Å². The van der Waals surface area contributed by atoms with Gasteiger partial charge in [0.1, 0.15) is 0 Å². The lowest BCUT2D eigenvalue weighted by atomic mass is 10.1.